The third-order valence-electron chi connectivity index (χ3n) is 4.12. The first kappa shape index (κ1) is 19.2. The molecule has 2 N–H and O–H groups in total. The number of nitrogens with zero attached hydrogens (tertiary/aromatic N) is 1. The zero-order chi connectivity index (χ0) is 19.7. The predicted octanol–water partition coefficient (Wildman–Crippen LogP) is 1.71. The monoisotopic (exact) mass is 484 g/mol. The van der Waals surface area contributed by atoms with Gasteiger partial charge in [0.1, 0.15) is 18.0 Å². The zero-order valence-corrected chi connectivity index (χ0v) is 16.2. The number of amides is 2. The van der Waals surface area contributed by atoms with E-state index in [4.69, 9.17) is 9.52 Å². The number of halogens is 2. The Morgan fingerprint density at radius 2 is 2.07 bits per heavy atom. The van der Waals surface area contributed by atoms with E-state index in [-0.39, 0.29) is 34.2 Å². The Labute approximate surface area is 165 Å². The van der Waals surface area contributed by atoms with Crippen molar-refractivity contribution in [3.63, 3.8) is 0 Å². The molecule has 0 saturated heterocycles. The van der Waals surface area contributed by atoms with E-state index in [0.717, 1.165) is 0 Å². The van der Waals surface area contributed by atoms with E-state index >= 15 is 0 Å². The van der Waals surface area contributed by atoms with Gasteiger partial charge in [-0.3, -0.25) is 19.7 Å². The highest BCUT2D eigenvalue weighted by molar-refractivity contribution is 14.1. The zero-order valence-electron chi connectivity index (χ0n) is 14.1. The summed E-state index contributed by atoms with van der Waals surface area (Å²) >= 11 is 1.97. The van der Waals surface area contributed by atoms with E-state index in [9.17, 15) is 18.8 Å². The van der Waals surface area contributed by atoms with Crippen LogP contribution in [0.5, 0.6) is 0 Å². The lowest BCUT2D eigenvalue weighted by molar-refractivity contribution is -0.122. The van der Waals surface area contributed by atoms with Gasteiger partial charge in [-0.1, -0.05) is 6.07 Å². The number of imide groups is 1. The van der Waals surface area contributed by atoms with Crippen molar-refractivity contribution in [1.82, 2.24) is 9.88 Å². The van der Waals surface area contributed by atoms with Crippen LogP contribution < -0.4 is 10.9 Å². The van der Waals surface area contributed by atoms with Crippen molar-refractivity contribution in [1.29, 1.82) is 0 Å². The lowest BCUT2D eigenvalue weighted by Gasteiger charge is -2.15. The molecular formula is C18H14FIN2O5. The normalized spacial score (nSPS) is 11.0. The van der Waals surface area contributed by atoms with E-state index in [1.54, 1.807) is 12.1 Å². The molecule has 0 aliphatic carbocycles. The Morgan fingerprint density at radius 3 is 2.74 bits per heavy atom. The fraction of sp³-hybridized carbons (Fsp3) is 0.167. The Bertz CT molecular complexity index is 1120. The standard InChI is InChI=1S/C18H14FIN2O5/c1-22-13(6-9-2-3-10(20)7-12(9)19)15(17(25)21-14(24)8-23)16-11(18(22)26)4-5-27-16/h2-5,7,23H,6,8H2,1H3,(H,21,24,25). The molecule has 0 saturated carbocycles. The van der Waals surface area contributed by atoms with Crippen LogP contribution in [0.1, 0.15) is 21.6 Å². The number of rotatable bonds is 4. The van der Waals surface area contributed by atoms with Crippen molar-refractivity contribution in [2.45, 2.75) is 6.42 Å². The summed E-state index contributed by atoms with van der Waals surface area (Å²) in [4.78, 5) is 36.6. The number of carbonyl (C=O) groups excluding carboxylic acids is 2. The molecule has 2 heterocycles. The first-order chi connectivity index (χ1) is 12.8. The van der Waals surface area contributed by atoms with Crippen molar-refractivity contribution < 1.29 is 23.5 Å². The van der Waals surface area contributed by atoms with Crippen LogP contribution in [-0.4, -0.2) is 28.1 Å². The van der Waals surface area contributed by atoms with E-state index in [1.807, 2.05) is 27.9 Å². The molecule has 9 heteroatoms. The summed E-state index contributed by atoms with van der Waals surface area (Å²) in [5, 5.41) is 11.1. The number of pyridine rings is 1. The number of aromatic nitrogens is 1. The van der Waals surface area contributed by atoms with Crippen LogP contribution in [0.25, 0.3) is 11.0 Å². The van der Waals surface area contributed by atoms with Gasteiger partial charge in [-0.2, -0.15) is 0 Å². The molecule has 2 aromatic heterocycles. The second-order valence-electron chi connectivity index (χ2n) is 5.80. The summed E-state index contributed by atoms with van der Waals surface area (Å²) < 4.78 is 21.6. The number of hydrogen-bond acceptors (Lipinski definition) is 5. The van der Waals surface area contributed by atoms with Crippen LogP contribution in [0.2, 0.25) is 0 Å². The maximum atomic E-state index is 14.3. The lowest BCUT2D eigenvalue weighted by atomic mass is 10.0. The molecule has 0 radical (unpaired) electrons. The smallest absolute Gasteiger partial charge is 0.263 e. The van der Waals surface area contributed by atoms with Crippen LogP contribution >= 0.6 is 22.6 Å². The average molecular weight is 484 g/mol. The third-order valence-corrected chi connectivity index (χ3v) is 4.79. The highest BCUT2D eigenvalue weighted by Crippen LogP contribution is 2.24. The number of hydrogen-bond donors (Lipinski definition) is 2. The summed E-state index contributed by atoms with van der Waals surface area (Å²) in [6.07, 6.45) is 1.19. The molecule has 140 valence electrons. The van der Waals surface area contributed by atoms with Gasteiger partial charge in [0.15, 0.2) is 5.58 Å². The fourth-order valence-electron chi connectivity index (χ4n) is 2.79. The van der Waals surface area contributed by atoms with Crippen LogP contribution in [0.4, 0.5) is 4.39 Å². The highest BCUT2D eigenvalue weighted by atomic mass is 127. The van der Waals surface area contributed by atoms with Crippen LogP contribution in [0, 0.1) is 9.39 Å². The molecule has 1 aromatic carbocycles. The van der Waals surface area contributed by atoms with Gasteiger partial charge in [0.2, 0.25) is 0 Å². The number of furan rings is 1. The first-order valence-electron chi connectivity index (χ1n) is 7.81. The molecule has 0 unspecified atom stereocenters. The Balaban J connectivity index is 2.22. The summed E-state index contributed by atoms with van der Waals surface area (Å²) in [5.74, 6) is -2.22. The summed E-state index contributed by atoms with van der Waals surface area (Å²) in [6.45, 7) is -0.875. The minimum Gasteiger partial charge on any atom is -0.463 e. The van der Waals surface area contributed by atoms with Crippen LogP contribution in [0.3, 0.4) is 0 Å². The van der Waals surface area contributed by atoms with Gasteiger partial charge in [0.05, 0.1) is 11.6 Å². The molecule has 27 heavy (non-hydrogen) atoms. The lowest BCUT2D eigenvalue weighted by Crippen LogP contribution is -2.35. The molecule has 0 spiro atoms. The van der Waals surface area contributed by atoms with Gasteiger partial charge in [0.25, 0.3) is 17.4 Å². The minimum atomic E-state index is -0.903. The summed E-state index contributed by atoms with van der Waals surface area (Å²) in [7, 11) is 1.46. The van der Waals surface area contributed by atoms with Gasteiger partial charge >= 0.3 is 0 Å². The van der Waals surface area contributed by atoms with Crippen molar-refractivity contribution in [3.8, 4) is 0 Å². The topological polar surface area (TPSA) is 102 Å². The average Bonchev–Trinajstić information content (AvgIpc) is 3.10. The molecule has 0 fully saturated rings. The second kappa shape index (κ2) is 7.61. The van der Waals surface area contributed by atoms with Crippen LogP contribution in [0.15, 0.2) is 39.7 Å². The third kappa shape index (κ3) is 3.65. The molecule has 3 aromatic rings. The number of aliphatic hydroxyl groups is 1. The van der Waals surface area contributed by atoms with Crippen molar-refractivity contribution in [2.24, 2.45) is 7.05 Å². The summed E-state index contributed by atoms with van der Waals surface area (Å²) in [5.41, 5.74) is -0.00605. The molecule has 0 aliphatic rings. The molecule has 3 rings (SSSR count). The number of fused-ring (bicyclic) bond motifs is 1. The fourth-order valence-corrected chi connectivity index (χ4v) is 3.24. The van der Waals surface area contributed by atoms with E-state index in [0.29, 0.717) is 3.57 Å². The SMILES string of the molecule is Cn1c(Cc2ccc(I)cc2F)c(C(=O)NC(=O)CO)c2occc2c1=O. The number of nitrogens with one attached hydrogen (secondary N) is 1. The second-order valence-corrected chi connectivity index (χ2v) is 7.04. The maximum absolute atomic E-state index is 14.3. The van der Waals surface area contributed by atoms with Crippen LogP contribution in [-0.2, 0) is 18.3 Å². The predicted molar refractivity (Wildman–Crippen MR) is 103 cm³/mol. The molecule has 0 atom stereocenters. The Kier molecular flexibility index (Phi) is 5.42. The van der Waals surface area contributed by atoms with E-state index in [2.05, 4.69) is 0 Å². The van der Waals surface area contributed by atoms with Crippen molar-refractivity contribution in [2.75, 3.05) is 6.61 Å². The minimum absolute atomic E-state index is 0.00209. The molecular weight excluding hydrogens is 470 g/mol. The quantitative estimate of drug-likeness (QED) is 0.550. The van der Waals surface area contributed by atoms with Crippen molar-refractivity contribution >= 4 is 45.4 Å². The van der Waals surface area contributed by atoms with Gasteiger partial charge in [-0.15, -0.1) is 0 Å². The van der Waals surface area contributed by atoms with Crippen molar-refractivity contribution in [3.05, 3.63) is 67.1 Å². The van der Waals surface area contributed by atoms with Gasteiger partial charge in [-0.25, -0.2) is 4.39 Å². The Morgan fingerprint density at radius 1 is 1.33 bits per heavy atom. The largest absolute Gasteiger partial charge is 0.463 e. The highest BCUT2D eigenvalue weighted by Gasteiger charge is 2.25. The van der Waals surface area contributed by atoms with E-state index < -0.39 is 29.8 Å². The number of benzene rings is 1. The number of aliphatic hydroxyl groups excluding tert-OH is 1. The molecule has 7 nitrogen and oxygen atoms in total. The first-order valence-corrected chi connectivity index (χ1v) is 8.89. The van der Waals surface area contributed by atoms with Gasteiger partial charge in [0, 0.05) is 22.7 Å². The molecule has 0 aliphatic heterocycles. The van der Waals surface area contributed by atoms with Gasteiger partial charge < -0.3 is 14.1 Å². The van der Waals surface area contributed by atoms with E-state index in [1.165, 1.54) is 30.0 Å². The molecule has 0 bridgehead atoms. The Hall–Kier alpha value is -2.53. The number of carbonyl (C=O) groups is 2. The summed E-state index contributed by atoms with van der Waals surface area (Å²) in [6, 6.07) is 6.03. The maximum Gasteiger partial charge on any atom is 0.263 e. The molecule has 2 amide bonds. The van der Waals surface area contributed by atoms with Gasteiger partial charge in [-0.05, 0) is 46.4 Å².